The number of nitrogens with zero attached hydrogens (tertiary/aromatic N) is 4. The molecule has 2 amide bonds. The van der Waals surface area contributed by atoms with Gasteiger partial charge in [0.15, 0.2) is 16.6 Å². The molecule has 0 spiro atoms. The molecule has 2 bridgehead atoms. The molecule has 1 aromatic carbocycles. The Kier molecular flexibility index (Phi) is 6.57. The Balaban J connectivity index is 1.51. The maximum absolute atomic E-state index is 13.9. The maximum Gasteiger partial charge on any atom is 0.250 e. The van der Waals surface area contributed by atoms with Crippen LogP contribution in [0.2, 0.25) is 0 Å². The van der Waals surface area contributed by atoms with Gasteiger partial charge in [0, 0.05) is 58.0 Å². The van der Waals surface area contributed by atoms with Crippen molar-refractivity contribution in [3.05, 3.63) is 58.0 Å². The van der Waals surface area contributed by atoms with Gasteiger partial charge >= 0.3 is 0 Å². The average molecular weight is 525 g/mol. The highest BCUT2D eigenvalue weighted by atomic mass is 32.1. The van der Waals surface area contributed by atoms with Crippen molar-refractivity contribution in [3.63, 3.8) is 0 Å². The largest absolute Gasteiger partial charge is 0.493 e. The number of piperidine rings is 1. The fourth-order valence-corrected chi connectivity index (χ4v) is 6.49. The van der Waals surface area contributed by atoms with Crippen molar-refractivity contribution in [1.29, 1.82) is 0 Å². The van der Waals surface area contributed by atoms with Crippen LogP contribution in [-0.2, 0) is 22.6 Å². The van der Waals surface area contributed by atoms with E-state index < -0.39 is 5.41 Å². The monoisotopic (exact) mass is 524 g/mol. The summed E-state index contributed by atoms with van der Waals surface area (Å²) in [5.41, 5.74) is 0.495. The number of amides is 2. The zero-order chi connectivity index (χ0) is 26.5. The first-order valence-corrected chi connectivity index (χ1v) is 12.8. The van der Waals surface area contributed by atoms with Crippen molar-refractivity contribution < 1.29 is 19.1 Å². The second-order valence-electron chi connectivity index (χ2n) is 10.4. The number of likely N-dealkylation sites (tertiary alicyclic amines) is 1. The second kappa shape index (κ2) is 9.57. The molecule has 9 nitrogen and oxygen atoms in total. The van der Waals surface area contributed by atoms with Crippen LogP contribution in [0.5, 0.6) is 11.5 Å². The highest BCUT2D eigenvalue weighted by molar-refractivity contribution is 7.80. The lowest BCUT2D eigenvalue weighted by molar-refractivity contribution is -0.157. The number of ether oxygens (including phenoxy) is 2. The molecule has 2 atom stereocenters. The van der Waals surface area contributed by atoms with Crippen LogP contribution in [0.15, 0.2) is 41.2 Å². The van der Waals surface area contributed by atoms with E-state index in [2.05, 4.69) is 4.90 Å². The molecule has 2 fully saturated rings. The lowest BCUT2D eigenvalue weighted by Gasteiger charge is -2.48. The molecular weight excluding hydrogens is 492 g/mol. The van der Waals surface area contributed by atoms with Gasteiger partial charge in [0.25, 0.3) is 5.56 Å². The number of aromatic nitrogens is 1. The van der Waals surface area contributed by atoms with E-state index in [1.807, 2.05) is 28.8 Å². The molecule has 37 heavy (non-hydrogen) atoms. The Hall–Kier alpha value is -3.24. The van der Waals surface area contributed by atoms with E-state index in [1.165, 1.54) is 9.80 Å². The molecule has 5 rings (SSSR count). The van der Waals surface area contributed by atoms with Crippen LogP contribution in [0.3, 0.4) is 0 Å². The molecule has 10 heteroatoms. The molecule has 2 saturated heterocycles. The molecule has 0 N–H and O–H groups in total. The first-order valence-electron chi connectivity index (χ1n) is 12.4. The highest BCUT2D eigenvalue weighted by Gasteiger charge is 2.55. The number of hydrogen-bond donors (Lipinski definition) is 0. The average Bonchev–Trinajstić information content (AvgIpc) is 2.90. The standard InChI is InChI=1S/C27H32N4O5S/c1-28-24(33)27(25(34)29(2)26(28)37,12-17-8-9-21(35-3)22(11-17)36-4)16-30-13-18-10-19(15-30)20-6-5-7-23(32)31(20)14-18/h5-9,11,18-19H,10,12-16H2,1-4H3/t18-,19+/m1/s1. The molecule has 2 aromatic rings. The van der Waals surface area contributed by atoms with Crippen LogP contribution >= 0.6 is 12.2 Å². The molecule has 4 heterocycles. The van der Waals surface area contributed by atoms with Gasteiger partial charge in [-0.1, -0.05) is 12.1 Å². The van der Waals surface area contributed by atoms with Crippen molar-refractivity contribution >= 4 is 29.1 Å². The molecule has 0 radical (unpaired) electrons. The summed E-state index contributed by atoms with van der Waals surface area (Å²) >= 11 is 5.40. The normalized spacial score (nSPS) is 23.2. The van der Waals surface area contributed by atoms with E-state index in [0.717, 1.165) is 17.7 Å². The summed E-state index contributed by atoms with van der Waals surface area (Å²) in [7, 11) is 6.39. The summed E-state index contributed by atoms with van der Waals surface area (Å²) in [4.78, 5) is 45.4. The Labute approximate surface area is 221 Å². The van der Waals surface area contributed by atoms with Crippen LogP contribution < -0.4 is 15.0 Å². The minimum absolute atomic E-state index is 0.0278. The molecule has 196 valence electrons. The van der Waals surface area contributed by atoms with E-state index in [0.29, 0.717) is 31.1 Å². The minimum Gasteiger partial charge on any atom is -0.493 e. The minimum atomic E-state index is -1.35. The molecule has 0 unspecified atom stereocenters. The maximum atomic E-state index is 13.9. The SMILES string of the molecule is COc1ccc(CC2(CN3C[C@H]4C[C@@H](C3)c3cccc(=O)n3C4)C(=O)N(C)C(=S)N(C)C2=O)cc1OC. The fourth-order valence-electron chi connectivity index (χ4n) is 6.32. The molecule has 1 aromatic heterocycles. The predicted molar refractivity (Wildman–Crippen MR) is 142 cm³/mol. The summed E-state index contributed by atoms with van der Waals surface area (Å²) in [5, 5.41) is 0.196. The van der Waals surface area contributed by atoms with Crippen molar-refractivity contribution in [2.75, 3.05) is 47.9 Å². The topological polar surface area (TPSA) is 84.3 Å². The number of pyridine rings is 1. The second-order valence-corrected chi connectivity index (χ2v) is 10.7. The first-order chi connectivity index (χ1) is 17.7. The Bertz CT molecular complexity index is 1300. The highest BCUT2D eigenvalue weighted by Crippen LogP contribution is 2.40. The van der Waals surface area contributed by atoms with Gasteiger partial charge in [-0.3, -0.25) is 24.2 Å². The van der Waals surface area contributed by atoms with Gasteiger partial charge < -0.3 is 18.9 Å². The first kappa shape index (κ1) is 25.4. The smallest absolute Gasteiger partial charge is 0.250 e. The third-order valence-electron chi connectivity index (χ3n) is 8.00. The van der Waals surface area contributed by atoms with Gasteiger partial charge in [-0.05, 0) is 54.7 Å². The zero-order valence-electron chi connectivity index (χ0n) is 21.6. The number of hydrogen-bond acceptors (Lipinski definition) is 7. The summed E-state index contributed by atoms with van der Waals surface area (Å²) in [6.07, 6.45) is 1.19. The van der Waals surface area contributed by atoms with E-state index in [4.69, 9.17) is 21.7 Å². The van der Waals surface area contributed by atoms with Crippen molar-refractivity contribution in [3.8, 4) is 11.5 Å². The summed E-state index contributed by atoms with van der Waals surface area (Å²) in [5.74, 6) is 0.956. The number of thiocarbonyl (C=S) groups is 1. The van der Waals surface area contributed by atoms with Gasteiger partial charge in [0.1, 0.15) is 5.41 Å². The van der Waals surface area contributed by atoms with E-state index in [-0.39, 0.29) is 47.3 Å². The summed E-state index contributed by atoms with van der Waals surface area (Å²) in [6, 6.07) is 10.9. The number of carbonyl (C=O) groups excluding carboxylic acids is 2. The summed E-state index contributed by atoms with van der Waals surface area (Å²) in [6.45, 7) is 2.30. The lowest BCUT2D eigenvalue weighted by Crippen LogP contribution is -2.67. The fraction of sp³-hybridized carbons (Fsp3) is 0.481. The van der Waals surface area contributed by atoms with Gasteiger partial charge in [0.2, 0.25) is 11.8 Å². The van der Waals surface area contributed by atoms with Crippen LogP contribution in [-0.4, -0.2) is 84.1 Å². The van der Waals surface area contributed by atoms with Crippen molar-refractivity contribution in [2.45, 2.75) is 25.3 Å². The van der Waals surface area contributed by atoms with E-state index >= 15 is 0 Å². The molecule has 0 saturated carbocycles. The molecule has 0 aliphatic carbocycles. The van der Waals surface area contributed by atoms with E-state index in [1.54, 1.807) is 40.4 Å². The Morgan fingerprint density at radius 2 is 1.65 bits per heavy atom. The van der Waals surface area contributed by atoms with Crippen LogP contribution in [0.1, 0.15) is 23.6 Å². The number of benzene rings is 1. The van der Waals surface area contributed by atoms with E-state index in [9.17, 15) is 14.4 Å². The third-order valence-corrected chi connectivity index (χ3v) is 8.55. The molecule has 3 aliphatic heterocycles. The number of rotatable bonds is 6. The summed E-state index contributed by atoms with van der Waals surface area (Å²) < 4.78 is 12.7. The number of carbonyl (C=O) groups is 2. The number of methoxy groups -OCH3 is 2. The van der Waals surface area contributed by atoms with Crippen molar-refractivity contribution in [1.82, 2.24) is 19.3 Å². The Morgan fingerprint density at radius 1 is 0.946 bits per heavy atom. The van der Waals surface area contributed by atoms with Gasteiger partial charge in [-0.2, -0.15) is 0 Å². The van der Waals surface area contributed by atoms with Crippen LogP contribution in [0.25, 0.3) is 0 Å². The molecule has 3 aliphatic rings. The predicted octanol–water partition coefficient (Wildman–Crippen LogP) is 1.73. The van der Waals surface area contributed by atoms with Crippen molar-refractivity contribution in [2.24, 2.45) is 11.3 Å². The Morgan fingerprint density at radius 3 is 2.32 bits per heavy atom. The quantitative estimate of drug-likeness (QED) is 0.420. The zero-order valence-corrected chi connectivity index (χ0v) is 22.4. The van der Waals surface area contributed by atoms with Gasteiger partial charge in [0.05, 0.1) is 14.2 Å². The lowest BCUT2D eigenvalue weighted by atomic mass is 9.75. The number of fused-ring (bicyclic) bond motifs is 4. The van der Waals surface area contributed by atoms with Gasteiger partial charge in [-0.15, -0.1) is 0 Å². The van der Waals surface area contributed by atoms with Gasteiger partial charge in [-0.25, -0.2) is 0 Å². The molecular formula is C27H32N4O5S. The third kappa shape index (κ3) is 4.21. The van der Waals surface area contributed by atoms with Crippen LogP contribution in [0, 0.1) is 11.3 Å². The van der Waals surface area contributed by atoms with Crippen LogP contribution in [0.4, 0.5) is 0 Å².